The van der Waals surface area contributed by atoms with Gasteiger partial charge in [-0.2, -0.15) is 14.9 Å². The summed E-state index contributed by atoms with van der Waals surface area (Å²) in [6.07, 6.45) is 4.59. The van der Waals surface area contributed by atoms with E-state index in [2.05, 4.69) is 20.2 Å². The molecule has 0 amide bonds. The number of nitrogens with zero attached hydrogens (tertiary/aromatic N) is 5. The Bertz CT molecular complexity index is 1130. The molecular weight excluding hydrogens is 316 g/mol. The molecule has 0 aliphatic carbocycles. The third-order valence-corrected chi connectivity index (χ3v) is 3.98. The highest BCUT2D eigenvalue weighted by atomic mass is 16.1. The third-order valence-electron chi connectivity index (χ3n) is 3.98. The first kappa shape index (κ1) is 15.1. The van der Waals surface area contributed by atoms with E-state index < -0.39 is 0 Å². The fourth-order valence-electron chi connectivity index (χ4n) is 2.75. The van der Waals surface area contributed by atoms with Gasteiger partial charge < -0.3 is 4.98 Å². The van der Waals surface area contributed by atoms with Gasteiger partial charge in [0.15, 0.2) is 5.65 Å². The first-order valence-electron chi connectivity index (χ1n) is 7.85. The molecule has 25 heavy (non-hydrogen) atoms. The van der Waals surface area contributed by atoms with E-state index >= 15 is 0 Å². The van der Waals surface area contributed by atoms with Gasteiger partial charge in [0.2, 0.25) is 0 Å². The average molecular weight is 332 g/mol. The molecule has 0 spiro atoms. The van der Waals surface area contributed by atoms with Gasteiger partial charge in [0.1, 0.15) is 11.7 Å². The van der Waals surface area contributed by atoms with Crippen LogP contribution in [0.2, 0.25) is 0 Å². The Kier molecular flexibility index (Phi) is 3.53. The van der Waals surface area contributed by atoms with Gasteiger partial charge in [-0.3, -0.25) is 4.79 Å². The van der Waals surface area contributed by atoms with Gasteiger partial charge >= 0.3 is 0 Å². The predicted octanol–water partition coefficient (Wildman–Crippen LogP) is 2.41. The van der Waals surface area contributed by atoms with Crippen molar-refractivity contribution in [1.82, 2.24) is 24.4 Å². The van der Waals surface area contributed by atoms with Gasteiger partial charge in [0.25, 0.3) is 5.56 Å². The standard InChI is InChI=1S/C18H16N6O/c1-12-8-14(13(2)22-12)9-20-23-11-19-17-16(18(23)25)10-21-24(17)15-6-4-3-5-7-15/h3-11,22H,1-2H3/b20-9+. The minimum Gasteiger partial charge on any atom is -0.362 e. The molecule has 7 heteroatoms. The van der Waals surface area contributed by atoms with Crippen LogP contribution in [-0.4, -0.2) is 30.6 Å². The zero-order valence-electron chi connectivity index (χ0n) is 13.8. The van der Waals surface area contributed by atoms with E-state index in [0.29, 0.717) is 11.0 Å². The zero-order chi connectivity index (χ0) is 17.4. The normalized spacial score (nSPS) is 11.6. The van der Waals surface area contributed by atoms with E-state index in [9.17, 15) is 4.79 Å². The molecule has 124 valence electrons. The van der Waals surface area contributed by atoms with Gasteiger partial charge in [-0.15, -0.1) is 0 Å². The van der Waals surface area contributed by atoms with E-state index in [4.69, 9.17) is 0 Å². The third kappa shape index (κ3) is 2.65. The molecule has 1 aromatic carbocycles. The minimum atomic E-state index is -0.256. The Morgan fingerprint density at radius 1 is 1.20 bits per heavy atom. The largest absolute Gasteiger partial charge is 0.362 e. The topological polar surface area (TPSA) is 80.9 Å². The predicted molar refractivity (Wildman–Crippen MR) is 96.4 cm³/mol. The molecule has 0 saturated carbocycles. The molecule has 0 aliphatic rings. The van der Waals surface area contributed by atoms with E-state index in [1.807, 2.05) is 50.2 Å². The number of fused-ring (bicyclic) bond motifs is 1. The van der Waals surface area contributed by atoms with Crippen LogP contribution >= 0.6 is 0 Å². The monoisotopic (exact) mass is 332 g/mol. The van der Waals surface area contributed by atoms with Crippen molar-refractivity contribution >= 4 is 17.2 Å². The number of aromatic nitrogens is 5. The lowest BCUT2D eigenvalue weighted by Crippen LogP contribution is -2.17. The van der Waals surface area contributed by atoms with Crippen molar-refractivity contribution in [2.45, 2.75) is 13.8 Å². The van der Waals surface area contributed by atoms with Crippen LogP contribution in [0.3, 0.4) is 0 Å². The Hall–Kier alpha value is -3.48. The summed E-state index contributed by atoms with van der Waals surface area (Å²) in [5, 5.41) is 8.95. The molecule has 0 atom stereocenters. The van der Waals surface area contributed by atoms with Crippen molar-refractivity contribution in [3.05, 3.63) is 76.2 Å². The summed E-state index contributed by atoms with van der Waals surface area (Å²) in [4.78, 5) is 20.2. The Morgan fingerprint density at radius 3 is 2.72 bits per heavy atom. The van der Waals surface area contributed by atoms with Crippen molar-refractivity contribution in [3.63, 3.8) is 0 Å². The lowest BCUT2D eigenvalue weighted by atomic mass is 10.3. The van der Waals surface area contributed by atoms with E-state index in [-0.39, 0.29) is 5.56 Å². The number of aromatic amines is 1. The maximum atomic E-state index is 12.6. The quantitative estimate of drug-likeness (QED) is 0.585. The Labute approximate surface area is 143 Å². The highest BCUT2D eigenvalue weighted by molar-refractivity contribution is 5.81. The molecule has 0 fully saturated rings. The second kappa shape index (κ2) is 5.86. The lowest BCUT2D eigenvalue weighted by molar-refractivity contribution is 0.809. The highest BCUT2D eigenvalue weighted by Gasteiger charge is 2.11. The zero-order valence-corrected chi connectivity index (χ0v) is 13.8. The first-order chi connectivity index (χ1) is 12.1. The Balaban J connectivity index is 1.77. The first-order valence-corrected chi connectivity index (χ1v) is 7.85. The molecule has 3 heterocycles. The van der Waals surface area contributed by atoms with Gasteiger partial charge in [0, 0.05) is 17.0 Å². The van der Waals surface area contributed by atoms with Crippen molar-refractivity contribution in [3.8, 4) is 5.69 Å². The summed E-state index contributed by atoms with van der Waals surface area (Å²) in [5.74, 6) is 0. The van der Waals surface area contributed by atoms with Crippen molar-refractivity contribution in [2.75, 3.05) is 0 Å². The van der Waals surface area contributed by atoms with Gasteiger partial charge in [-0.25, -0.2) is 9.67 Å². The molecular formula is C18H16N6O. The van der Waals surface area contributed by atoms with Crippen molar-refractivity contribution < 1.29 is 0 Å². The number of rotatable bonds is 3. The number of nitrogens with one attached hydrogen (secondary N) is 1. The second-order valence-electron chi connectivity index (χ2n) is 5.80. The van der Waals surface area contributed by atoms with Crippen molar-refractivity contribution in [2.24, 2.45) is 5.10 Å². The van der Waals surface area contributed by atoms with E-state index in [0.717, 1.165) is 22.6 Å². The molecule has 1 N–H and O–H groups in total. The molecule has 0 saturated heterocycles. The molecule has 3 aromatic heterocycles. The Morgan fingerprint density at radius 2 is 2.00 bits per heavy atom. The van der Waals surface area contributed by atoms with Crippen LogP contribution in [0.1, 0.15) is 17.0 Å². The van der Waals surface area contributed by atoms with Gasteiger partial charge in [-0.1, -0.05) is 18.2 Å². The maximum absolute atomic E-state index is 12.6. The highest BCUT2D eigenvalue weighted by Crippen LogP contribution is 2.13. The summed E-state index contributed by atoms with van der Waals surface area (Å²) in [7, 11) is 0. The average Bonchev–Trinajstić information content (AvgIpc) is 3.18. The summed E-state index contributed by atoms with van der Waals surface area (Å²) in [6.45, 7) is 3.94. The SMILES string of the molecule is Cc1cc(/C=N/n2cnc3c(cnn3-c3ccccc3)c2=O)c(C)[nH]1. The number of benzene rings is 1. The summed E-state index contributed by atoms with van der Waals surface area (Å²) >= 11 is 0. The molecule has 4 rings (SSSR count). The van der Waals surface area contributed by atoms with Gasteiger partial charge in [0.05, 0.1) is 18.1 Å². The molecule has 0 bridgehead atoms. The number of para-hydroxylation sites is 1. The van der Waals surface area contributed by atoms with E-state index in [1.165, 1.54) is 17.2 Å². The van der Waals surface area contributed by atoms with Gasteiger partial charge in [-0.05, 0) is 32.0 Å². The van der Waals surface area contributed by atoms with Crippen LogP contribution in [0.5, 0.6) is 0 Å². The fraction of sp³-hybridized carbons (Fsp3) is 0.111. The van der Waals surface area contributed by atoms with Crippen LogP contribution in [0, 0.1) is 13.8 Å². The molecule has 0 aliphatic heterocycles. The fourth-order valence-corrected chi connectivity index (χ4v) is 2.75. The number of aryl methyl sites for hydroxylation is 2. The molecule has 4 aromatic rings. The van der Waals surface area contributed by atoms with Crippen LogP contribution in [-0.2, 0) is 0 Å². The number of hydrogen-bond donors (Lipinski definition) is 1. The van der Waals surface area contributed by atoms with E-state index in [1.54, 1.807) is 10.9 Å². The molecule has 0 radical (unpaired) electrons. The van der Waals surface area contributed by atoms with Crippen LogP contribution in [0.25, 0.3) is 16.7 Å². The number of hydrogen-bond acceptors (Lipinski definition) is 4. The van der Waals surface area contributed by atoms with Crippen LogP contribution in [0.15, 0.2) is 58.8 Å². The number of H-pyrrole nitrogens is 1. The summed E-state index contributed by atoms with van der Waals surface area (Å²) in [6, 6.07) is 11.5. The lowest BCUT2D eigenvalue weighted by Gasteiger charge is -2.02. The smallest absolute Gasteiger partial charge is 0.285 e. The summed E-state index contributed by atoms with van der Waals surface area (Å²) < 4.78 is 2.87. The molecule has 7 nitrogen and oxygen atoms in total. The second-order valence-corrected chi connectivity index (χ2v) is 5.80. The summed E-state index contributed by atoms with van der Waals surface area (Å²) in [5.41, 5.74) is 4.09. The minimum absolute atomic E-state index is 0.256. The maximum Gasteiger partial charge on any atom is 0.285 e. The van der Waals surface area contributed by atoms with Crippen LogP contribution in [0.4, 0.5) is 0 Å². The van der Waals surface area contributed by atoms with Crippen molar-refractivity contribution in [1.29, 1.82) is 0 Å². The van der Waals surface area contributed by atoms with Crippen LogP contribution < -0.4 is 5.56 Å². The molecule has 0 unspecified atom stereocenters.